The van der Waals surface area contributed by atoms with Crippen LogP contribution in [0, 0.1) is 5.92 Å². The Morgan fingerprint density at radius 1 is 1.53 bits per heavy atom. The zero-order valence-electron chi connectivity index (χ0n) is 10.8. The van der Waals surface area contributed by atoms with Gasteiger partial charge in [-0.05, 0) is 48.4 Å². The van der Waals surface area contributed by atoms with Gasteiger partial charge in [-0.3, -0.25) is 4.79 Å². The minimum absolute atomic E-state index is 0.0964. The SMILES string of the molecule is COc1cc(C(CC(=O)O)C2CC2)cc2[nH]ccc12. The van der Waals surface area contributed by atoms with Crippen molar-refractivity contribution in [2.75, 3.05) is 7.11 Å². The maximum Gasteiger partial charge on any atom is 0.303 e. The Labute approximate surface area is 111 Å². The van der Waals surface area contributed by atoms with Crippen molar-refractivity contribution < 1.29 is 14.6 Å². The maximum atomic E-state index is 11.0. The second-order valence-electron chi connectivity index (χ2n) is 5.20. The number of carboxylic acids is 1. The van der Waals surface area contributed by atoms with E-state index in [4.69, 9.17) is 9.84 Å². The molecule has 0 amide bonds. The summed E-state index contributed by atoms with van der Waals surface area (Å²) >= 11 is 0. The van der Waals surface area contributed by atoms with Crippen molar-refractivity contribution in [2.24, 2.45) is 5.92 Å². The number of hydrogen-bond donors (Lipinski definition) is 2. The number of aromatic amines is 1. The van der Waals surface area contributed by atoms with Crippen LogP contribution >= 0.6 is 0 Å². The summed E-state index contributed by atoms with van der Waals surface area (Å²) in [5.74, 6) is 0.680. The highest BCUT2D eigenvalue weighted by Crippen LogP contribution is 2.46. The summed E-state index contributed by atoms with van der Waals surface area (Å²) in [6.07, 6.45) is 4.33. The van der Waals surface area contributed by atoms with Crippen molar-refractivity contribution in [3.8, 4) is 5.75 Å². The van der Waals surface area contributed by atoms with Gasteiger partial charge in [0.15, 0.2) is 0 Å². The van der Waals surface area contributed by atoms with E-state index in [1.165, 1.54) is 0 Å². The van der Waals surface area contributed by atoms with Crippen molar-refractivity contribution in [3.63, 3.8) is 0 Å². The zero-order chi connectivity index (χ0) is 13.4. The van der Waals surface area contributed by atoms with E-state index < -0.39 is 5.97 Å². The minimum Gasteiger partial charge on any atom is -0.496 e. The molecule has 0 aliphatic heterocycles. The molecule has 1 aromatic heterocycles. The van der Waals surface area contributed by atoms with E-state index in [1.54, 1.807) is 7.11 Å². The molecule has 0 radical (unpaired) electrons. The molecule has 1 aliphatic rings. The number of aliphatic carboxylic acids is 1. The van der Waals surface area contributed by atoms with Crippen LogP contribution < -0.4 is 4.74 Å². The van der Waals surface area contributed by atoms with Gasteiger partial charge in [-0.1, -0.05) is 0 Å². The number of ether oxygens (including phenoxy) is 1. The number of aromatic nitrogens is 1. The monoisotopic (exact) mass is 259 g/mol. The van der Waals surface area contributed by atoms with Crippen LogP contribution in [0.15, 0.2) is 24.4 Å². The molecule has 0 saturated heterocycles. The first-order valence-electron chi connectivity index (χ1n) is 6.56. The highest BCUT2D eigenvalue weighted by atomic mass is 16.5. The Balaban J connectivity index is 2.04. The molecule has 4 heteroatoms. The molecule has 2 N–H and O–H groups in total. The molecule has 4 nitrogen and oxygen atoms in total. The lowest BCUT2D eigenvalue weighted by Crippen LogP contribution is -2.08. The van der Waals surface area contributed by atoms with E-state index >= 15 is 0 Å². The molecular formula is C15H17NO3. The smallest absolute Gasteiger partial charge is 0.303 e. The van der Waals surface area contributed by atoms with Crippen LogP contribution in [0.5, 0.6) is 5.75 Å². The molecule has 3 rings (SSSR count). The minimum atomic E-state index is -0.734. The lowest BCUT2D eigenvalue weighted by molar-refractivity contribution is -0.137. The number of H-pyrrole nitrogens is 1. The largest absolute Gasteiger partial charge is 0.496 e. The van der Waals surface area contributed by atoms with Crippen LogP contribution in [-0.4, -0.2) is 23.2 Å². The summed E-state index contributed by atoms with van der Waals surface area (Å²) in [6, 6.07) is 6.02. The molecule has 1 fully saturated rings. The zero-order valence-corrected chi connectivity index (χ0v) is 10.8. The topological polar surface area (TPSA) is 62.3 Å². The fourth-order valence-electron chi connectivity index (χ4n) is 2.78. The third kappa shape index (κ3) is 2.30. The Bertz CT molecular complexity index is 613. The maximum absolute atomic E-state index is 11.0. The molecule has 1 heterocycles. The second-order valence-corrected chi connectivity index (χ2v) is 5.20. The number of benzene rings is 1. The van der Waals surface area contributed by atoms with Gasteiger partial charge in [0, 0.05) is 17.1 Å². The Morgan fingerprint density at radius 3 is 2.95 bits per heavy atom. The van der Waals surface area contributed by atoms with Gasteiger partial charge in [-0.25, -0.2) is 0 Å². The van der Waals surface area contributed by atoms with Crippen LogP contribution in [-0.2, 0) is 4.79 Å². The predicted molar refractivity (Wildman–Crippen MR) is 72.6 cm³/mol. The summed E-state index contributed by atoms with van der Waals surface area (Å²) in [4.78, 5) is 14.2. The number of nitrogens with one attached hydrogen (secondary N) is 1. The lowest BCUT2D eigenvalue weighted by atomic mass is 9.90. The third-order valence-corrected chi connectivity index (χ3v) is 3.89. The summed E-state index contributed by atoms with van der Waals surface area (Å²) < 4.78 is 5.41. The van der Waals surface area contributed by atoms with Crippen LogP contribution in [0.2, 0.25) is 0 Å². The van der Waals surface area contributed by atoms with E-state index in [1.807, 2.05) is 18.3 Å². The van der Waals surface area contributed by atoms with Crippen LogP contribution in [0.1, 0.15) is 30.7 Å². The van der Waals surface area contributed by atoms with E-state index in [-0.39, 0.29) is 12.3 Å². The summed E-state index contributed by atoms with van der Waals surface area (Å²) in [5.41, 5.74) is 2.07. The number of methoxy groups -OCH3 is 1. The van der Waals surface area contributed by atoms with Gasteiger partial charge < -0.3 is 14.8 Å². The van der Waals surface area contributed by atoms with E-state index in [0.717, 1.165) is 35.1 Å². The lowest BCUT2D eigenvalue weighted by Gasteiger charge is -2.16. The molecule has 1 atom stereocenters. The fourth-order valence-corrected chi connectivity index (χ4v) is 2.78. The van der Waals surface area contributed by atoms with Gasteiger partial charge in [0.1, 0.15) is 5.75 Å². The normalized spacial score (nSPS) is 16.5. The second kappa shape index (κ2) is 4.61. The number of carbonyl (C=O) groups is 1. The molecule has 19 heavy (non-hydrogen) atoms. The van der Waals surface area contributed by atoms with Gasteiger partial charge >= 0.3 is 5.97 Å². The highest BCUT2D eigenvalue weighted by Gasteiger charge is 2.34. The van der Waals surface area contributed by atoms with Crippen molar-refractivity contribution in [2.45, 2.75) is 25.2 Å². The molecule has 2 aromatic rings. The molecule has 1 aromatic carbocycles. The fraction of sp³-hybridized carbons (Fsp3) is 0.400. The predicted octanol–water partition coefficient (Wildman–Crippen LogP) is 3.14. The van der Waals surface area contributed by atoms with Crippen molar-refractivity contribution in [1.29, 1.82) is 0 Å². The first-order chi connectivity index (χ1) is 9.19. The summed E-state index contributed by atoms with van der Waals surface area (Å²) in [5, 5.41) is 10.1. The Hall–Kier alpha value is -1.97. The van der Waals surface area contributed by atoms with Crippen molar-refractivity contribution in [3.05, 3.63) is 30.0 Å². The number of hydrogen-bond acceptors (Lipinski definition) is 2. The molecule has 1 unspecified atom stereocenters. The molecule has 100 valence electrons. The molecular weight excluding hydrogens is 242 g/mol. The van der Waals surface area contributed by atoms with Crippen LogP contribution in [0.4, 0.5) is 0 Å². The third-order valence-electron chi connectivity index (χ3n) is 3.89. The molecule has 0 spiro atoms. The number of fused-ring (bicyclic) bond motifs is 1. The van der Waals surface area contributed by atoms with Crippen LogP contribution in [0.3, 0.4) is 0 Å². The first kappa shape index (κ1) is 12.1. The van der Waals surface area contributed by atoms with Crippen LogP contribution in [0.25, 0.3) is 10.9 Å². The van der Waals surface area contributed by atoms with E-state index in [0.29, 0.717) is 5.92 Å². The van der Waals surface area contributed by atoms with E-state index in [9.17, 15) is 4.79 Å². The standard InChI is InChI=1S/C15H17NO3/c1-19-14-7-10(6-13-11(14)4-5-16-13)12(8-15(17)18)9-2-3-9/h4-7,9,12,16H,2-3,8H2,1H3,(H,17,18). The first-order valence-corrected chi connectivity index (χ1v) is 6.56. The average Bonchev–Trinajstić information content (AvgIpc) is 3.12. The number of carboxylic acid groups (broad SMARTS) is 1. The van der Waals surface area contributed by atoms with Gasteiger partial charge in [0.05, 0.1) is 13.5 Å². The van der Waals surface area contributed by atoms with Crippen molar-refractivity contribution >= 4 is 16.9 Å². The van der Waals surface area contributed by atoms with Gasteiger partial charge in [0.2, 0.25) is 0 Å². The average molecular weight is 259 g/mol. The molecule has 0 bridgehead atoms. The number of rotatable bonds is 5. The quantitative estimate of drug-likeness (QED) is 0.867. The molecule has 1 aliphatic carbocycles. The van der Waals surface area contributed by atoms with Crippen molar-refractivity contribution in [1.82, 2.24) is 4.98 Å². The highest BCUT2D eigenvalue weighted by molar-refractivity contribution is 5.87. The van der Waals surface area contributed by atoms with Gasteiger partial charge in [-0.15, -0.1) is 0 Å². The van der Waals surface area contributed by atoms with E-state index in [2.05, 4.69) is 11.1 Å². The Kier molecular flexibility index (Phi) is 2.93. The van der Waals surface area contributed by atoms with Gasteiger partial charge in [0.25, 0.3) is 0 Å². The Morgan fingerprint density at radius 2 is 2.32 bits per heavy atom. The van der Waals surface area contributed by atoms with Gasteiger partial charge in [-0.2, -0.15) is 0 Å². The molecule has 1 saturated carbocycles. The summed E-state index contributed by atoms with van der Waals surface area (Å²) in [6.45, 7) is 0. The summed E-state index contributed by atoms with van der Waals surface area (Å²) in [7, 11) is 1.65.